The molecule has 82 valence electrons. The lowest BCUT2D eigenvalue weighted by Gasteiger charge is -2.04. The fourth-order valence-electron chi connectivity index (χ4n) is 1.13. The number of rotatable bonds is 3. The fraction of sp³-hybridized carbons (Fsp3) is 0.182. The molecule has 0 saturated heterocycles. The molecule has 1 N–H and O–H groups in total. The van der Waals surface area contributed by atoms with Gasteiger partial charge in [-0.2, -0.15) is 0 Å². The van der Waals surface area contributed by atoms with E-state index in [4.69, 9.17) is 0 Å². The molecule has 2 aromatic heterocycles. The predicted octanol–water partition coefficient (Wildman–Crippen LogP) is 2.08. The van der Waals surface area contributed by atoms with Gasteiger partial charge in [0.25, 0.3) is 0 Å². The van der Waals surface area contributed by atoms with Crippen molar-refractivity contribution in [2.45, 2.75) is 23.2 Å². The van der Waals surface area contributed by atoms with Crippen LogP contribution in [-0.2, 0) is 0 Å². The van der Waals surface area contributed by atoms with Crippen molar-refractivity contribution in [3.8, 4) is 0 Å². The van der Waals surface area contributed by atoms with Crippen LogP contribution in [0.5, 0.6) is 0 Å². The third kappa shape index (κ3) is 2.77. The van der Waals surface area contributed by atoms with E-state index in [1.54, 1.807) is 31.6 Å². The molecule has 0 amide bonds. The molecule has 0 radical (unpaired) electrons. The number of aromatic nitrogens is 3. The van der Waals surface area contributed by atoms with Crippen molar-refractivity contribution < 1.29 is 5.11 Å². The van der Waals surface area contributed by atoms with Gasteiger partial charge in [0.15, 0.2) is 5.16 Å². The second-order valence-corrected chi connectivity index (χ2v) is 4.23. The Balaban J connectivity index is 2.11. The van der Waals surface area contributed by atoms with Gasteiger partial charge in [-0.15, -0.1) is 0 Å². The SMILES string of the molecule is CC(O)c1ccc(Sc2ncccn2)nc1. The Kier molecular flexibility index (Phi) is 3.48. The maximum absolute atomic E-state index is 9.33. The van der Waals surface area contributed by atoms with Crippen LogP contribution in [0.1, 0.15) is 18.6 Å². The topological polar surface area (TPSA) is 58.9 Å². The molecule has 4 nitrogen and oxygen atoms in total. The molecule has 2 aromatic rings. The summed E-state index contributed by atoms with van der Waals surface area (Å²) in [5, 5.41) is 10.8. The predicted molar refractivity (Wildman–Crippen MR) is 61.0 cm³/mol. The van der Waals surface area contributed by atoms with E-state index >= 15 is 0 Å². The lowest BCUT2D eigenvalue weighted by Crippen LogP contribution is -1.92. The van der Waals surface area contributed by atoms with Crippen molar-refractivity contribution in [2.24, 2.45) is 0 Å². The average Bonchev–Trinajstić information content (AvgIpc) is 2.31. The molecule has 0 bridgehead atoms. The van der Waals surface area contributed by atoms with E-state index in [1.165, 1.54) is 11.8 Å². The first-order valence-electron chi connectivity index (χ1n) is 4.84. The fourth-order valence-corrected chi connectivity index (χ4v) is 1.79. The first-order chi connectivity index (χ1) is 7.75. The van der Waals surface area contributed by atoms with Gasteiger partial charge in [0.2, 0.25) is 0 Å². The molecule has 0 spiro atoms. The van der Waals surface area contributed by atoms with Gasteiger partial charge in [-0.3, -0.25) is 0 Å². The lowest BCUT2D eigenvalue weighted by molar-refractivity contribution is 0.198. The number of aliphatic hydroxyl groups is 1. The van der Waals surface area contributed by atoms with Gasteiger partial charge in [-0.1, -0.05) is 6.07 Å². The molecule has 2 heterocycles. The Morgan fingerprint density at radius 1 is 1.19 bits per heavy atom. The highest BCUT2D eigenvalue weighted by molar-refractivity contribution is 7.99. The van der Waals surface area contributed by atoms with Crippen LogP contribution < -0.4 is 0 Å². The van der Waals surface area contributed by atoms with E-state index in [0.29, 0.717) is 5.16 Å². The van der Waals surface area contributed by atoms with Gasteiger partial charge in [0.05, 0.1) is 6.10 Å². The lowest BCUT2D eigenvalue weighted by atomic mass is 10.2. The second-order valence-electron chi connectivity index (χ2n) is 3.24. The summed E-state index contributed by atoms with van der Waals surface area (Å²) in [5.41, 5.74) is 0.804. The minimum absolute atomic E-state index is 0.487. The van der Waals surface area contributed by atoms with Gasteiger partial charge in [-0.05, 0) is 36.4 Å². The molecule has 0 aliphatic heterocycles. The summed E-state index contributed by atoms with van der Waals surface area (Å²) in [4.78, 5) is 12.4. The standard InChI is InChI=1S/C11H11N3OS/c1-8(15)9-3-4-10(14-7-9)16-11-12-5-2-6-13-11/h2-8,15H,1H3. The molecule has 0 fully saturated rings. The molecule has 5 heteroatoms. The van der Waals surface area contributed by atoms with E-state index in [9.17, 15) is 5.11 Å². The highest BCUT2D eigenvalue weighted by atomic mass is 32.2. The summed E-state index contributed by atoms with van der Waals surface area (Å²) >= 11 is 1.39. The molecule has 1 atom stereocenters. The number of aliphatic hydroxyl groups excluding tert-OH is 1. The van der Waals surface area contributed by atoms with Crippen LogP contribution in [0.15, 0.2) is 47.0 Å². The zero-order valence-corrected chi connectivity index (χ0v) is 9.56. The third-order valence-corrected chi connectivity index (χ3v) is 2.82. The monoisotopic (exact) mass is 233 g/mol. The van der Waals surface area contributed by atoms with Crippen molar-refractivity contribution in [3.05, 3.63) is 42.4 Å². The van der Waals surface area contributed by atoms with Crippen molar-refractivity contribution in [1.29, 1.82) is 0 Å². The van der Waals surface area contributed by atoms with Gasteiger partial charge in [0.1, 0.15) is 5.03 Å². The Morgan fingerprint density at radius 2 is 1.94 bits per heavy atom. The van der Waals surface area contributed by atoms with Crippen LogP contribution in [0.25, 0.3) is 0 Å². The first-order valence-corrected chi connectivity index (χ1v) is 5.66. The first kappa shape index (κ1) is 11.0. The van der Waals surface area contributed by atoms with Crippen molar-refractivity contribution >= 4 is 11.8 Å². The largest absolute Gasteiger partial charge is 0.389 e. The summed E-state index contributed by atoms with van der Waals surface area (Å²) < 4.78 is 0. The van der Waals surface area contributed by atoms with Crippen molar-refractivity contribution in [2.75, 3.05) is 0 Å². The summed E-state index contributed by atoms with van der Waals surface area (Å²) in [6.07, 6.45) is 4.56. The highest BCUT2D eigenvalue weighted by Gasteiger charge is 2.03. The quantitative estimate of drug-likeness (QED) is 0.822. The van der Waals surface area contributed by atoms with Crippen LogP contribution in [0, 0.1) is 0 Å². The number of nitrogens with zero attached hydrogens (tertiary/aromatic N) is 3. The number of pyridine rings is 1. The normalized spacial score (nSPS) is 12.4. The molecule has 1 unspecified atom stereocenters. The van der Waals surface area contributed by atoms with E-state index in [-0.39, 0.29) is 0 Å². The van der Waals surface area contributed by atoms with Crippen LogP contribution >= 0.6 is 11.8 Å². The third-order valence-electron chi connectivity index (χ3n) is 1.98. The maximum Gasteiger partial charge on any atom is 0.193 e. The second kappa shape index (κ2) is 5.05. The zero-order chi connectivity index (χ0) is 11.4. The zero-order valence-electron chi connectivity index (χ0n) is 8.74. The van der Waals surface area contributed by atoms with Crippen LogP contribution in [0.3, 0.4) is 0 Å². The molecule has 0 aliphatic rings. The van der Waals surface area contributed by atoms with E-state index in [1.807, 2.05) is 12.1 Å². The average molecular weight is 233 g/mol. The van der Waals surface area contributed by atoms with Crippen LogP contribution in [0.4, 0.5) is 0 Å². The van der Waals surface area contributed by atoms with E-state index in [0.717, 1.165) is 10.6 Å². The summed E-state index contributed by atoms with van der Waals surface area (Å²) in [6.45, 7) is 1.71. The minimum atomic E-state index is -0.487. The summed E-state index contributed by atoms with van der Waals surface area (Å²) in [7, 11) is 0. The molecule has 2 rings (SSSR count). The number of hydrogen-bond acceptors (Lipinski definition) is 5. The number of hydrogen-bond donors (Lipinski definition) is 1. The molecule has 0 aromatic carbocycles. The van der Waals surface area contributed by atoms with Crippen LogP contribution in [-0.4, -0.2) is 20.1 Å². The van der Waals surface area contributed by atoms with Crippen molar-refractivity contribution in [3.63, 3.8) is 0 Å². The van der Waals surface area contributed by atoms with Crippen molar-refractivity contribution in [1.82, 2.24) is 15.0 Å². The van der Waals surface area contributed by atoms with Gasteiger partial charge in [0, 0.05) is 18.6 Å². The molecular formula is C11H11N3OS. The van der Waals surface area contributed by atoms with Gasteiger partial charge >= 0.3 is 0 Å². The molecular weight excluding hydrogens is 222 g/mol. The Morgan fingerprint density at radius 3 is 2.50 bits per heavy atom. The molecule has 16 heavy (non-hydrogen) atoms. The highest BCUT2D eigenvalue weighted by Crippen LogP contribution is 2.22. The summed E-state index contributed by atoms with van der Waals surface area (Å²) in [6, 6.07) is 5.47. The molecule has 0 aliphatic carbocycles. The van der Waals surface area contributed by atoms with Gasteiger partial charge < -0.3 is 5.11 Å². The van der Waals surface area contributed by atoms with Gasteiger partial charge in [-0.25, -0.2) is 15.0 Å². The minimum Gasteiger partial charge on any atom is -0.389 e. The van der Waals surface area contributed by atoms with Crippen LogP contribution in [0.2, 0.25) is 0 Å². The molecule has 0 saturated carbocycles. The van der Waals surface area contributed by atoms with E-state index in [2.05, 4.69) is 15.0 Å². The Bertz CT molecular complexity index is 445. The maximum atomic E-state index is 9.33. The summed E-state index contributed by atoms with van der Waals surface area (Å²) in [5.74, 6) is 0. The Hall–Kier alpha value is -1.46. The smallest absolute Gasteiger partial charge is 0.193 e. The van der Waals surface area contributed by atoms with E-state index < -0.39 is 6.10 Å². The Labute approximate surface area is 97.8 Å².